The molecule has 1 aliphatic heterocycles. The highest BCUT2D eigenvalue weighted by Gasteiger charge is 2.48. The Bertz CT molecular complexity index is 1410. The molecule has 1 fully saturated rings. The maximum Gasteiger partial charge on any atom is 0.338 e. The lowest BCUT2D eigenvalue weighted by molar-refractivity contribution is -0.385. The van der Waals surface area contributed by atoms with E-state index in [0.717, 1.165) is 4.90 Å². The lowest BCUT2D eigenvalue weighted by Gasteiger charge is -2.25. The molecule has 0 saturated carbocycles. The lowest BCUT2D eigenvalue weighted by Crippen LogP contribution is -2.29. The summed E-state index contributed by atoms with van der Waals surface area (Å²) in [6.07, 6.45) is 0. The molecule has 1 saturated heterocycles. The molecule has 188 valence electrons. The number of esters is 1. The highest BCUT2D eigenvalue weighted by atomic mass is 16.6. The average molecular weight is 502 g/mol. The molecule has 0 bridgehead atoms. The first-order valence-corrected chi connectivity index (χ1v) is 11.2. The van der Waals surface area contributed by atoms with Crippen molar-refractivity contribution in [3.63, 3.8) is 0 Å². The first kappa shape index (κ1) is 25.1. The number of hydrogen-bond acceptors (Lipinski definition) is 8. The summed E-state index contributed by atoms with van der Waals surface area (Å²) in [5.74, 6) is -2.54. The van der Waals surface area contributed by atoms with Crippen LogP contribution in [0.4, 0.5) is 11.4 Å². The number of benzene rings is 3. The maximum absolute atomic E-state index is 13.3. The molecule has 0 spiro atoms. The normalized spacial score (nSPS) is 16.5. The molecule has 0 aromatic heterocycles. The minimum absolute atomic E-state index is 0.0382. The SMILES string of the molecule is CCOC(=O)c1ccc(N2C(=O)C(=O)C(=C(O)c3ccc(OC)cc3)C2c2ccccc2[N+](=O)[O-])cc1. The van der Waals surface area contributed by atoms with Gasteiger partial charge in [0.2, 0.25) is 0 Å². The minimum atomic E-state index is -1.31. The number of rotatable bonds is 7. The van der Waals surface area contributed by atoms with Crippen molar-refractivity contribution < 1.29 is 33.9 Å². The number of nitro benzene ring substituents is 1. The number of anilines is 1. The lowest BCUT2D eigenvalue weighted by atomic mass is 9.94. The van der Waals surface area contributed by atoms with Gasteiger partial charge in [0.15, 0.2) is 0 Å². The van der Waals surface area contributed by atoms with Crippen molar-refractivity contribution in [2.45, 2.75) is 13.0 Å². The van der Waals surface area contributed by atoms with Crippen LogP contribution in [0.3, 0.4) is 0 Å². The van der Waals surface area contributed by atoms with E-state index < -0.39 is 34.4 Å². The summed E-state index contributed by atoms with van der Waals surface area (Å²) in [7, 11) is 1.47. The molecule has 1 N–H and O–H groups in total. The highest BCUT2D eigenvalue weighted by Crippen LogP contribution is 2.44. The quantitative estimate of drug-likeness (QED) is 0.125. The predicted molar refractivity (Wildman–Crippen MR) is 133 cm³/mol. The second kappa shape index (κ2) is 10.3. The van der Waals surface area contributed by atoms with Crippen LogP contribution in [0, 0.1) is 10.1 Å². The topological polar surface area (TPSA) is 136 Å². The van der Waals surface area contributed by atoms with Crippen LogP contribution in [-0.4, -0.2) is 41.4 Å². The number of amides is 1. The number of ketones is 1. The van der Waals surface area contributed by atoms with Crippen molar-refractivity contribution in [3.8, 4) is 5.75 Å². The zero-order valence-electron chi connectivity index (χ0n) is 19.9. The standard InChI is InChI=1S/C27H22N2O8/c1-3-37-27(33)17-8-12-18(13-9-17)28-23(20-6-4-5-7-21(20)29(34)35)22(25(31)26(28)32)24(30)16-10-14-19(36-2)15-11-16/h4-15,23,30H,3H2,1-2H3. The molecule has 10 heteroatoms. The molecule has 1 unspecified atom stereocenters. The van der Waals surface area contributed by atoms with Crippen molar-refractivity contribution in [1.29, 1.82) is 0 Å². The van der Waals surface area contributed by atoms with Gasteiger partial charge in [-0.25, -0.2) is 4.79 Å². The number of carbonyl (C=O) groups is 3. The number of para-hydroxylation sites is 1. The molecule has 37 heavy (non-hydrogen) atoms. The van der Waals surface area contributed by atoms with Gasteiger partial charge in [-0.3, -0.25) is 24.6 Å². The van der Waals surface area contributed by atoms with Gasteiger partial charge < -0.3 is 14.6 Å². The third kappa shape index (κ3) is 4.64. The number of aliphatic hydroxyl groups excluding tert-OH is 1. The number of ether oxygens (including phenoxy) is 2. The Hall–Kier alpha value is -4.99. The average Bonchev–Trinajstić information content (AvgIpc) is 3.18. The summed E-state index contributed by atoms with van der Waals surface area (Å²) in [4.78, 5) is 50.9. The Morgan fingerprint density at radius 2 is 1.62 bits per heavy atom. The van der Waals surface area contributed by atoms with Gasteiger partial charge in [0.1, 0.15) is 17.6 Å². The van der Waals surface area contributed by atoms with E-state index in [9.17, 15) is 29.6 Å². The van der Waals surface area contributed by atoms with Crippen molar-refractivity contribution in [3.05, 3.63) is 105 Å². The van der Waals surface area contributed by atoms with Gasteiger partial charge in [-0.2, -0.15) is 0 Å². The molecule has 1 aliphatic rings. The van der Waals surface area contributed by atoms with Crippen LogP contribution in [-0.2, 0) is 14.3 Å². The number of Topliss-reactive ketones (excluding diaryl/α,β-unsaturated/α-hetero) is 1. The monoisotopic (exact) mass is 502 g/mol. The number of hydrogen-bond donors (Lipinski definition) is 1. The van der Waals surface area contributed by atoms with Crippen molar-refractivity contribution in [2.75, 3.05) is 18.6 Å². The van der Waals surface area contributed by atoms with Crippen LogP contribution in [0.15, 0.2) is 78.4 Å². The summed E-state index contributed by atoms with van der Waals surface area (Å²) in [6, 6.07) is 16.3. The van der Waals surface area contributed by atoms with Crippen molar-refractivity contribution in [1.82, 2.24) is 0 Å². The zero-order chi connectivity index (χ0) is 26.7. The molecular weight excluding hydrogens is 480 g/mol. The Balaban J connectivity index is 1.91. The second-order valence-electron chi connectivity index (χ2n) is 7.98. The van der Waals surface area contributed by atoms with Gasteiger partial charge in [0.05, 0.1) is 35.3 Å². The molecular formula is C27H22N2O8. The Labute approximate surface area is 211 Å². The fourth-order valence-electron chi connectivity index (χ4n) is 4.16. The van der Waals surface area contributed by atoms with Gasteiger partial charge in [-0.1, -0.05) is 12.1 Å². The molecule has 4 rings (SSSR count). The highest BCUT2D eigenvalue weighted by molar-refractivity contribution is 6.51. The first-order valence-electron chi connectivity index (χ1n) is 11.2. The van der Waals surface area contributed by atoms with E-state index in [4.69, 9.17) is 9.47 Å². The number of aliphatic hydroxyl groups is 1. The van der Waals surface area contributed by atoms with E-state index in [1.54, 1.807) is 25.1 Å². The Morgan fingerprint density at radius 3 is 2.22 bits per heavy atom. The number of nitrogens with zero attached hydrogens (tertiary/aromatic N) is 2. The Kier molecular flexibility index (Phi) is 7.01. The van der Waals surface area contributed by atoms with Crippen LogP contribution in [0.2, 0.25) is 0 Å². The van der Waals surface area contributed by atoms with Gasteiger partial charge >= 0.3 is 5.97 Å². The molecule has 3 aromatic carbocycles. The number of carbonyl (C=O) groups excluding carboxylic acids is 3. The number of methoxy groups -OCH3 is 1. The van der Waals surface area contributed by atoms with E-state index in [-0.39, 0.29) is 40.2 Å². The first-order chi connectivity index (χ1) is 17.8. The van der Waals surface area contributed by atoms with Gasteiger partial charge in [-0.15, -0.1) is 0 Å². The van der Waals surface area contributed by atoms with E-state index in [1.165, 1.54) is 61.7 Å². The predicted octanol–water partition coefficient (Wildman–Crippen LogP) is 4.41. The molecule has 1 amide bonds. The molecule has 10 nitrogen and oxygen atoms in total. The Morgan fingerprint density at radius 1 is 1.00 bits per heavy atom. The van der Waals surface area contributed by atoms with E-state index in [2.05, 4.69) is 0 Å². The number of nitro groups is 1. The van der Waals surface area contributed by atoms with Crippen LogP contribution in [0.5, 0.6) is 5.75 Å². The summed E-state index contributed by atoms with van der Waals surface area (Å²) in [5.41, 5.74) is 0.0492. The molecule has 1 atom stereocenters. The minimum Gasteiger partial charge on any atom is -0.507 e. The molecule has 0 radical (unpaired) electrons. The molecule has 1 heterocycles. The molecule has 0 aliphatic carbocycles. The summed E-state index contributed by atoms with van der Waals surface area (Å²) in [5, 5.41) is 23.0. The van der Waals surface area contributed by atoms with Crippen LogP contribution < -0.4 is 9.64 Å². The van der Waals surface area contributed by atoms with Crippen LogP contribution >= 0.6 is 0 Å². The molecule has 3 aromatic rings. The summed E-state index contributed by atoms with van der Waals surface area (Å²) >= 11 is 0. The van der Waals surface area contributed by atoms with E-state index in [1.807, 2.05) is 0 Å². The third-order valence-corrected chi connectivity index (χ3v) is 5.89. The van der Waals surface area contributed by atoms with Crippen LogP contribution in [0.1, 0.15) is 34.5 Å². The smallest absolute Gasteiger partial charge is 0.338 e. The summed E-state index contributed by atoms with van der Waals surface area (Å²) < 4.78 is 10.1. The van der Waals surface area contributed by atoms with Crippen LogP contribution in [0.25, 0.3) is 5.76 Å². The van der Waals surface area contributed by atoms with Gasteiger partial charge in [0.25, 0.3) is 17.4 Å². The van der Waals surface area contributed by atoms with E-state index in [0.29, 0.717) is 5.75 Å². The summed E-state index contributed by atoms with van der Waals surface area (Å²) in [6.45, 7) is 1.85. The van der Waals surface area contributed by atoms with Crippen molar-refractivity contribution >= 4 is 34.8 Å². The largest absolute Gasteiger partial charge is 0.507 e. The van der Waals surface area contributed by atoms with Gasteiger partial charge in [0, 0.05) is 17.3 Å². The second-order valence-corrected chi connectivity index (χ2v) is 7.98. The van der Waals surface area contributed by atoms with Gasteiger partial charge in [-0.05, 0) is 61.5 Å². The van der Waals surface area contributed by atoms with Crippen molar-refractivity contribution in [2.24, 2.45) is 0 Å². The fraction of sp³-hybridized carbons (Fsp3) is 0.148. The van der Waals surface area contributed by atoms with E-state index >= 15 is 0 Å². The third-order valence-electron chi connectivity index (χ3n) is 5.89. The maximum atomic E-state index is 13.3. The zero-order valence-corrected chi connectivity index (χ0v) is 19.9. The fourth-order valence-corrected chi connectivity index (χ4v) is 4.16.